The van der Waals surface area contributed by atoms with Gasteiger partial charge in [-0.25, -0.2) is 0 Å². The van der Waals surface area contributed by atoms with Crippen LogP contribution < -0.4 is 5.32 Å². The van der Waals surface area contributed by atoms with Crippen molar-refractivity contribution in [2.24, 2.45) is 0 Å². The Hall–Kier alpha value is -1.67. The van der Waals surface area contributed by atoms with Crippen LogP contribution in [0.5, 0.6) is 0 Å². The highest BCUT2D eigenvalue weighted by Gasteiger charge is 2.12. The van der Waals surface area contributed by atoms with Crippen molar-refractivity contribution in [1.82, 2.24) is 10.3 Å². The average molecular weight is 268 g/mol. The fraction of sp³-hybridized carbons (Fsp3) is 0.389. The fourth-order valence-corrected chi connectivity index (χ4v) is 2.63. The second kappa shape index (κ2) is 7.20. The molecule has 2 nitrogen and oxygen atoms in total. The minimum absolute atomic E-state index is 0.338. The molecule has 20 heavy (non-hydrogen) atoms. The van der Waals surface area contributed by atoms with Gasteiger partial charge in [-0.3, -0.25) is 4.98 Å². The summed E-state index contributed by atoms with van der Waals surface area (Å²) >= 11 is 0. The van der Waals surface area contributed by atoms with Gasteiger partial charge in [-0.1, -0.05) is 42.3 Å². The molecular formula is C18H24N2. The summed E-state index contributed by atoms with van der Waals surface area (Å²) < 4.78 is 0. The molecule has 1 atom stereocenters. The number of hydrogen-bond acceptors (Lipinski definition) is 2. The number of benzene rings is 1. The van der Waals surface area contributed by atoms with Crippen LogP contribution in [0, 0.1) is 13.8 Å². The lowest BCUT2D eigenvalue weighted by atomic mass is 9.97. The van der Waals surface area contributed by atoms with E-state index in [0.717, 1.165) is 19.4 Å². The van der Waals surface area contributed by atoms with Crippen LogP contribution in [-0.4, -0.2) is 11.5 Å². The highest BCUT2D eigenvalue weighted by molar-refractivity contribution is 5.30. The van der Waals surface area contributed by atoms with Crippen LogP contribution in [0.4, 0.5) is 0 Å². The molecule has 1 N–H and O–H groups in total. The Bertz CT molecular complexity index is 514. The van der Waals surface area contributed by atoms with Crippen LogP contribution in [0.15, 0.2) is 42.7 Å². The zero-order valence-electron chi connectivity index (χ0n) is 12.7. The molecule has 0 aliphatic carbocycles. The highest BCUT2D eigenvalue weighted by atomic mass is 14.9. The van der Waals surface area contributed by atoms with Gasteiger partial charge in [0.2, 0.25) is 0 Å². The Morgan fingerprint density at radius 2 is 1.90 bits per heavy atom. The van der Waals surface area contributed by atoms with Gasteiger partial charge in [0, 0.05) is 18.4 Å². The largest absolute Gasteiger partial charge is 0.310 e. The highest BCUT2D eigenvalue weighted by Crippen LogP contribution is 2.19. The molecule has 0 saturated carbocycles. The van der Waals surface area contributed by atoms with Crippen LogP contribution >= 0.6 is 0 Å². The predicted molar refractivity (Wildman–Crippen MR) is 84.9 cm³/mol. The van der Waals surface area contributed by atoms with Crippen molar-refractivity contribution in [3.63, 3.8) is 0 Å². The van der Waals surface area contributed by atoms with Gasteiger partial charge in [-0.2, -0.15) is 0 Å². The molecule has 2 rings (SSSR count). The number of hydrogen-bond donors (Lipinski definition) is 1. The minimum Gasteiger partial charge on any atom is -0.310 e. The van der Waals surface area contributed by atoms with Crippen molar-refractivity contribution in [2.45, 2.75) is 39.7 Å². The first-order valence-electron chi connectivity index (χ1n) is 7.39. The van der Waals surface area contributed by atoms with Crippen LogP contribution in [0.25, 0.3) is 0 Å². The molecule has 0 fully saturated rings. The van der Waals surface area contributed by atoms with Gasteiger partial charge < -0.3 is 5.32 Å². The van der Waals surface area contributed by atoms with E-state index in [0.29, 0.717) is 6.04 Å². The number of aromatic nitrogens is 1. The Morgan fingerprint density at radius 1 is 1.15 bits per heavy atom. The third-order valence-electron chi connectivity index (χ3n) is 3.45. The zero-order valence-corrected chi connectivity index (χ0v) is 12.7. The third kappa shape index (κ3) is 4.17. The Morgan fingerprint density at radius 3 is 2.50 bits per heavy atom. The summed E-state index contributed by atoms with van der Waals surface area (Å²) in [6.07, 6.45) is 5.95. The van der Waals surface area contributed by atoms with Crippen LogP contribution in [0.2, 0.25) is 0 Å². The lowest BCUT2D eigenvalue weighted by Gasteiger charge is -2.19. The van der Waals surface area contributed by atoms with E-state index in [1.807, 2.05) is 18.5 Å². The van der Waals surface area contributed by atoms with Crippen molar-refractivity contribution < 1.29 is 0 Å². The van der Waals surface area contributed by atoms with Crippen LogP contribution in [-0.2, 0) is 6.42 Å². The quantitative estimate of drug-likeness (QED) is 0.857. The van der Waals surface area contributed by atoms with E-state index in [2.05, 4.69) is 55.3 Å². The normalized spacial score (nSPS) is 12.3. The molecule has 0 aliphatic rings. The molecule has 0 aliphatic heterocycles. The molecule has 1 aromatic carbocycles. The van der Waals surface area contributed by atoms with Crippen LogP contribution in [0.3, 0.4) is 0 Å². The molecule has 2 aromatic rings. The van der Waals surface area contributed by atoms with Gasteiger partial charge in [0.25, 0.3) is 0 Å². The smallest absolute Gasteiger partial charge is 0.0376 e. The summed E-state index contributed by atoms with van der Waals surface area (Å²) in [4.78, 5) is 4.25. The average Bonchev–Trinajstić information content (AvgIpc) is 2.43. The van der Waals surface area contributed by atoms with Gasteiger partial charge in [0.05, 0.1) is 0 Å². The first-order valence-corrected chi connectivity index (χ1v) is 7.39. The molecule has 106 valence electrons. The second-order valence-electron chi connectivity index (χ2n) is 5.49. The summed E-state index contributed by atoms with van der Waals surface area (Å²) in [6, 6.07) is 11.3. The number of rotatable bonds is 6. The van der Waals surface area contributed by atoms with E-state index in [1.165, 1.54) is 22.3 Å². The monoisotopic (exact) mass is 268 g/mol. The molecule has 0 radical (unpaired) electrons. The maximum atomic E-state index is 4.25. The minimum atomic E-state index is 0.338. The van der Waals surface area contributed by atoms with E-state index < -0.39 is 0 Å². The molecule has 2 heteroatoms. The van der Waals surface area contributed by atoms with Gasteiger partial charge in [-0.15, -0.1) is 0 Å². The summed E-state index contributed by atoms with van der Waals surface area (Å²) in [7, 11) is 0. The van der Waals surface area contributed by atoms with Gasteiger partial charge >= 0.3 is 0 Å². The summed E-state index contributed by atoms with van der Waals surface area (Å²) in [5, 5.41) is 3.63. The number of nitrogens with zero attached hydrogens (tertiary/aromatic N) is 1. The SMILES string of the molecule is CCCNC(Cc1cc(C)cc(C)c1)c1cccnc1. The maximum Gasteiger partial charge on any atom is 0.0376 e. The van der Waals surface area contributed by atoms with E-state index in [-0.39, 0.29) is 0 Å². The third-order valence-corrected chi connectivity index (χ3v) is 3.45. The van der Waals surface area contributed by atoms with E-state index in [4.69, 9.17) is 0 Å². The molecular weight excluding hydrogens is 244 g/mol. The molecule has 0 spiro atoms. The zero-order chi connectivity index (χ0) is 14.4. The Kier molecular flexibility index (Phi) is 5.31. The van der Waals surface area contributed by atoms with E-state index in [9.17, 15) is 0 Å². The van der Waals surface area contributed by atoms with Crippen molar-refractivity contribution in [1.29, 1.82) is 0 Å². The second-order valence-corrected chi connectivity index (χ2v) is 5.49. The molecule has 1 heterocycles. The summed E-state index contributed by atoms with van der Waals surface area (Å²) in [5.74, 6) is 0. The lowest BCUT2D eigenvalue weighted by molar-refractivity contribution is 0.527. The number of nitrogens with one attached hydrogen (secondary N) is 1. The first-order chi connectivity index (χ1) is 9.69. The fourth-order valence-electron chi connectivity index (χ4n) is 2.63. The van der Waals surface area contributed by atoms with Crippen molar-refractivity contribution in [2.75, 3.05) is 6.54 Å². The van der Waals surface area contributed by atoms with Gasteiger partial charge in [0.1, 0.15) is 0 Å². The van der Waals surface area contributed by atoms with Crippen LogP contribution in [0.1, 0.15) is 41.6 Å². The van der Waals surface area contributed by atoms with Gasteiger partial charge in [-0.05, 0) is 50.4 Å². The van der Waals surface area contributed by atoms with E-state index >= 15 is 0 Å². The predicted octanol–water partition coefficient (Wildman–Crippen LogP) is 3.98. The standard InChI is InChI=1S/C18H24N2/c1-4-7-20-18(17-6-5-8-19-13-17)12-16-10-14(2)9-15(3)11-16/h5-6,8-11,13,18,20H,4,7,12H2,1-3H3. The molecule has 0 bridgehead atoms. The Balaban J connectivity index is 2.19. The molecule has 0 saturated heterocycles. The number of aryl methyl sites for hydroxylation is 2. The van der Waals surface area contributed by atoms with Crippen molar-refractivity contribution in [3.05, 3.63) is 65.0 Å². The maximum absolute atomic E-state index is 4.25. The molecule has 1 aromatic heterocycles. The molecule has 0 amide bonds. The Labute approximate surface area is 122 Å². The topological polar surface area (TPSA) is 24.9 Å². The molecule has 1 unspecified atom stereocenters. The summed E-state index contributed by atoms with van der Waals surface area (Å²) in [6.45, 7) is 7.55. The van der Waals surface area contributed by atoms with Crippen molar-refractivity contribution in [3.8, 4) is 0 Å². The summed E-state index contributed by atoms with van der Waals surface area (Å²) in [5.41, 5.74) is 5.32. The number of pyridine rings is 1. The first kappa shape index (κ1) is 14.7. The van der Waals surface area contributed by atoms with Crippen molar-refractivity contribution >= 4 is 0 Å². The lowest BCUT2D eigenvalue weighted by Crippen LogP contribution is -2.24. The van der Waals surface area contributed by atoms with Gasteiger partial charge in [0.15, 0.2) is 0 Å². The van der Waals surface area contributed by atoms with E-state index in [1.54, 1.807) is 0 Å².